The van der Waals surface area contributed by atoms with Gasteiger partial charge in [0.05, 0.1) is 5.71 Å². The van der Waals surface area contributed by atoms with Crippen molar-refractivity contribution in [1.29, 1.82) is 0 Å². The second-order valence-electron chi connectivity index (χ2n) is 5.61. The molecule has 21 heavy (non-hydrogen) atoms. The molecule has 0 atom stereocenters. The predicted octanol–water partition coefficient (Wildman–Crippen LogP) is 4.36. The lowest BCUT2D eigenvalue weighted by Crippen LogP contribution is -2.12. The molecule has 0 N–H and O–H groups in total. The molecule has 0 fully saturated rings. The van der Waals surface area contributed by atoms with Crippen molar-refractivity contribution in [3.63, 3.8) is 0 Å². The highest BCUT2D eigenvalue weighted by atomic mass is 14.8. The third-order valence-electron chi connectivity index (χ3n) is 3.87. The van der Waals surface area contributed by atoms with E-state index in [2.05, 4.69) is 49.2 Å². The van der Waals surface area contributed by atoms with E-state index in [1.807, 2.05) is 12.3 Å². The van der Waals surface area contributed by atoms with Gasteiger partial charge in [-0.2, -0.15) is 0 Å². The van der Waals surface area contributed by atoms with Crippen LogP contribution >= 0.6 is 0 Å². The maximum atomic E-state index is 4.73. The van der Waals surface area contributed by atoms with Gasteiger partial charge in [0.15, 0.2) is 0 Å². The summed E-state index contributed by atoms with van der Waals surface area (Å²) in [4.78, 5) is 8.96. The highest BCUT2D eigenvalue weighted by molar-refractivity contribution is 6.15. The molecule has 2 heterocycles. The minimum Gasteiger partial charge on any atom is -0.284 e. The summed E-state index contributed by atoms with van der Waals surface area (Å²) in [6.45, 7) is 5.21. The Labute approximate surface area is 126 Å². The van der Waals surface area contributed by atoms with E-state index in [-0.39, 0.29) is 0 Å². The van der Waals surface area contributed by atoms with E-state index in [0.29, 0.717) is 0 Å². The Morgan fingerprint density at radius 3 is 2.81 bits per heavy atom. The zero-order valence-electron chi connectivity index (χ0n) is 12.6. The first-order chi connectivity index (χ1) is 10.2. The molecule has 0 spiro atoms. The minimum absolute atomic E-state index is 0.911. The van der Waals surface area contributed by atoms with Crippen LogP contribution in [0.5, 0.6) is 0 Å². The van der Waals surface area contributed by atoms with E-state index in [1.54, 1.807) is 6.20 Å². The van der Waals surface area contributed by atoms with E-state index >= 15 is 0 Å². The lowest BCUT2D eigenvalue weighted by molar-refractivity contribution is 0.818. The summed E-state index contributed by atoms with van der Waals surface area (Å²) in [7, 11) is 0. The molecule has 0 saturated carbocycles. The number of hydrogen-bond acceptors (Lipinski definition) is 2. The fourth-order valence-corrected chi connectivity index (χ4v) is 2.78. The SMILES string of the molecule is Cc1ccc(/C=C2\CCCN=C2c2cccnc2)c(C)c1. The van der Waals surface area contributed by atoms with Crippen LogP contribution < -0.4 is 0 Å². The van der Waals surface area contributed by atoms with Gasteiger partial charge >= 0.3 is 0 Å². The first kappa shape index (κ1) is 13.7. The molecule has 2 heteroatoms. The predicted molar refractivity (Wildman–Crippen MR) is 88.8 cm³/mol. The number of nitrogens with zero attached hydrogens (tertiary/aromatic N) is 2. The summed E-state index contributed by atoms with van der Waals surface area (Å²) < 4.78 is 0. The van der Waals surface area contributed by atoms with Crippen LogP contribution in [0.15, 0.2) is 53.3 Å². The summed E-state index contributed by atoms with van der Waals surface area (Å²) in [5.74, 6) is 0. The van der Waals surface area contributed by atoms with Gasteiger partial charge in [0.2, 0.25) is 0 Å². The smallest absolute Gasteiger partial charge is 0.0694 e. The fraction of sp³-hybridized carbons (Fsp3) is 0.263. The Morgan fingerprint density at radius 2 is 2.05 bits per heavy atom. The van der Waals surface area contributed by atoms with E-state index < -0.39 is 0 Å². The normalized spacial score (nSPS) is 16.9. The Bertz CT molecular complexity index is 697. The van der Waals surface area contributed by atoms with Crippen molar-refractivity contribution in [3.05, 3.63) is 70.6 Å². The number of aryl methyl sites for hydroxylation is 2. The van der Waals surface area contributed by atoms with Crippen LogP contribution in [0, 0.1) is 13.8 Å². The second kappa shape index (κ2) is 6.04. The lowest BCUT2D eigenvalue weighted by atomic mass is 9.93. The first-order valence-corrected chi connectivity index (χ1v) is 7.47. The Morgan fingerprint density at radius 1 is 1.14 bits per heavy atom. The summed E-state index contributed by atoms with van der Waals surface area (Å²) >= 11 is 0. The topological polar surface area (TPSA) is 25.2 Å². The largest absolute Gasteiger partial charge is 0.284 e. The van der Waals surface area contributed by atoms with Crippen LogP contribution in [0.3, 0.4) is 0 Å². The van der Waals surface area contributed by atoms with Crippen LogP contribution in [0.1, 0.15) is 35.1 Å². The fourth-order valence-electron chi connectivity index (χ4n) is 2.78. The summed E-state index contributed by atoms with van der Waals surface area (Å²) in [6, 6.07) is 10.7. The highest BCUT2D eigenvalue weighted by Crippen LogP contribution is 2.23. The Hall–Kier alpha value is -2.22. The molecule has 106 valence electrons. The van der Waals surface area contributed by atoms with Crippen molar-refractivity contribution in [2.45, 2.75) is 26.7 Å². The van der Waals surface area contributed by atoms with Crippen molar-refractivity contribution in [2.24, 2.45) is 4.99 Å². The molecular formula is C19H20N2. The highest BCUT2D eigenvalue weighted by Gasteiger charge is 2.14. The third kappa shape index (κ3) is 3.10. The van der Waals surface area contributed by atoms with Gasteiger partial charge in [-0.15, -0.1) is 0 Å². The molecule has 0 aliphatic carbocycles. The van der Waals surface area contributed by atoms with E-state index in [1.165, 1.54) is 22.3 Å². The quantitative estimate of drug-likeness (QED) is 0.799. The zero-order valence-corrected chi connectivity index (χ0v) is 12.6. The van der Waals surface area contributed by atoms with Crippen molar-refractivity contribution in [2.75, 3.05) is 6.54 Å². The number of allylic oxidation sites excluding steroid dienone is 1. The first-order valence-electron chi connectivity index (χ1n) is 7.47. The van der Waals surface area contributed by atoms with Crippen molar-refractivity contribution < 1.29 is 0 Å². The van der Waals surface area contributed by atoms with Crippen LogP contribution in [0.4, 0.5) is 0 Å². The molecule has 3 rings (SSSR count). The lowest BCUT2D eigenvalue weighted by Gasteiger charge is -2.17. The molecular weight excluding hydrogens is 256 g/mol. The molecule has 0 unspecified atom stereocenters. The van der Waals surface area contributed by atoms with Gasteiger partial charge < -0.3 is 0 Å². The van der Waals surface area contributed by atoms with Crippen molar-refractivity contribution in [1.82, 2.24) is 4.98 Å². The molecule has 0 radical (unpaired) electrons. The van der Waals surface area contributed by atoms with E-state index in [0.717, 1.165) is 30.7 Å². The van der Waals surface area contributed by atoms with Crippen LogP contribution in [0.25, 0.3) is 6.08 Å². The average Bonchev–Trinajstić information content (AvgIpc) is 2.51. The minimum atomic E-state index is 0.911. The van der Waals surface area contributed by atoms with Crippen molar-refractivity contribution in [3.8, 4) is 0 Å². The number of aliphatic imine (C=N–C) groups is 1. The molecule has 1 aromatic carbocycles. The standard InChI is InChI=1S/C19H20N2/c1-14-7-8-16(15(2)11-14)12-17-5-4-10-21-19(17)18-6-3-9-20-13-18/h3,6-9,11-13H,4-5,10H2,1-2H3/b17-12+. The van der Waals surface area contributed by atoms with Gasteiger partial charge in [0.25, 0.3) is 0 Å². The van der Waals surface area contributed by atoms with Crippen LogP contribution in [-0.4, -0.2) is 17.2 Å². The van der Waals surface area contributed by atoms with Gasteiger partial charge in [-0.05, 0) is 61.6 Å². The van der Waals surface area contributed by atoms with Gasteiger partial charge in [-0.3, -0.25) is 9.98 Å². The number of rotatable bonds is 2. The van der Waals surface area contributed by atoms with E-state index in [4.69, 9.17) is 4.99 Å². The monoisotopic (exact) mass is 276 g/mol. The van der Waals surface area contributed by atoms with Gasteiger partial charge in [0.1, 0.15) is 0 Å². The number of pyridine rings is 1. The molecule has 2 nitrogen and oxygen atoms in total. The Kier molecular flexibility index (Phi) is 3.96. The molecule has 0 bridgehead atoms. The summed E-state index contributed by atoms with van der Waals surface area (Å²) in [5, 5.41) is 0. The third-order valence-corrected chi connectivity index (χ3v) is 3.87. The maximum Gasteiger partial charge on any atom is 0.0694 e. The molecule has 1 aromatic heterocycles. The van der Waals surface area contributed by atoms with Crippen LogP contribution in [0.2, 0.25) is 0 Å². The van der Waals surface area contributed by atoms with Gasteiger partial charge in [0, 0.05) is 24.5 Å². The molecule has 2 aromatic rings. The number of aromatic nitrogens is 1. The van der Waals surface area contributed by atoms with Crippen LogP contribution in [-0.2, 0) is 0 Å². The molecule has 1 aliphatic rings. The van der Waals surface area contributed by atoms with Gasteiger partial charge in [-0.1, -0.05) is 23.8 Å². The summed E-state index contributed by atoms with van der Waals surface area (Å²) in [6.07, 6.45) is 8.21. The second-order valence-corrected chi connectivity index (χ2v) is 5.61. The molecule has 0 amide bonds. The van der Waals surface area contributed by atoms with E-state index in [9.17, 15) is 0 Å². The average molecular weight is 276 g/mol. The summed E-state index contributed by atoms with van der Waals surface area (Å²) in [5.41, 5.74) is 7.45. The maximum absolute atomic E-state index is 4.73. The number of benzene rings is 1. The zero-order chi connectivity index (χ0) is 14.7. The number of hydrogen-bond donors (Lipinski definition) is 0. The van der Waals surface area contributed by atoms with Gasteiger partial charge in [-0.25, -0.2) is 0 Å². The Balaban J connectivity index is 2.01. The molecule has 0 saturated heterocycles. The molecule has 1 aliphatic heterocycles. The van der Waals surface area contributed by atoms with Crippen molar-refractivity contribution >= 4 is 11.8 Å².